The standard InChI is InChI=1S/C18H30N4O2S.HI/c1-13(10-16-8-7-14(2)25-16)21-18(20-12-17(23)22(3)4)19-11-15-6-5-9-24-15;/h7-8,13,15H,5-6,9-12H2,1-4H3,(H2,19,20,21);1H. The van der Waals surface area contributed by atoms with Gasteiger partial charge in [0.05, 0.1) is 6.10 Å². The molecule has 148 valence electrons. The molecule has 1 aliphatic rings. The third-order valence-corrected chi connectivity index (χ3v) is 5.10. The summed E-state index contributed by atoms with van der Waals surface area (Å²) in [6.45, 7) is 5.94. The van der Waals surface area contributed by atoms with E-state index in [-0.39, 0.29) is 48.6 Å². The second-order valence-electron chi connectivity index (χ2n) is 6.73. The van der Waals surface area contributed by atoms with Crippen LogP contribution in [0.2, 0.25) is 0 Å². The third kappa shape index (κ3) is 8.22. The highest BCUT2D eigenvalue weighted by molar-refractivity contribution is 14.0. The SMILES string of the molecule is Cc1ccc(CC(C)NC(=NCC(=O)N(C)C)NCC2CCCO2)s1.I. The number of likely N-dealkylation sites (N-methyl/N-ethyl adjacent to an activating group) is 1. The lowest BCUT2D eigenvalue weighted by atomic mass is 10.2. The second-order valence-corrected chi connectivity index (χ2v) is 8.10. The van der Waals surface area contributed by atoms with Crippen molar-refractivity contribution in [3.8, 4) is 0 Å². The van der Waals surface area contributed by atoms with Crippen molar-refractivity contribution in [2.75, 3.05) is 33.8 Å². The van der Waals surface area contributed by atoms with Gasteiger partial charge in [-0.05, 0) is 38.8 Å². The molecule has 1 aromatic heterocycles. The van der Waals surface area contributed by atoms with E-state index in [1.165, 1.54) is 9.75 Å². The van der Waals surface area contributed by atoms with E-state index in [2.05, 4.69) is 41.6 Å². The van der Waals surface area contributed by atoms with E-state index in [4.69, 9.17) is 4.74 Å². The van der Waals surface area contributed by atoms with Gasteiger partial charge in [-0.15, -0.1) is 35.3 Å². The molecule has 0 spiro atoms. The van der Waals surface area contributed by atoms with Gasteiger partial charge in [-0.1, -0.05) is 0 Å². The van der Waals surface area contributed by atoms with Crippen LogP contribution >= 0.6 is 35.3 Å². The topological polar surface area (TPSA) is 66.0 Å². The number of nitrogens with one attached hydrogen (secondary N) is 2. The van der Waals surface area contributed by atoms with E-state index >= 15 is 0 Å². The van der Waals surface area contributed by atoms with E-state index in [0.29, 0.717) is 12.5 Å². The summed E-state index contributed by atoms with van der Waals surface area (Å²) in [4.78, 5) is 20.5. The molecule has 6 nitrogen and oxygen atoms in total. The van der Waals surface area contributed by atoms with Gasteiger partial charge in [-0.3, -0.25) is 4.79 Å². The monoisotopic (exact) mass is 494 g/mol. The fourth-order valence-electron chi connectivity index (χ4n) is 2.64. The zero-order valence-electron chi connectivity index (χ0n) is 16.1. The van der Waals surface area contributed by atoms with Crippen LogP contribution in [0.25, 0.3) is 0 Å². The largest absolute Gasteiger partial charge is 0.376 e. The molecule has 0 bridgehead atoms. The summed E-state index contributed by atoms with van der Waals surface area (Å²) in [5, 5.41) is 6.74. The van der Waals surface area contributed by atoms with Gasteiger partial charge < -0.3 is 20.3 Å². The van der Waals surface area contributed by atoms with Crippen molar-refractivity contribution in [2.45, 2.75) is 45.3 Å². The minimum absolute atomic E-state index is 0. The average molecular weight is 494 g/mol. The van der Waals surface area contributed by atoms with Crippen molar-refractivity contribution in [3.63, 3.8) is 0 Å². The summed E-state index contributed by atoms with van der Waals surface area (Å²) < 4.78 is 5.65. The molecule has 8 heteroatoms. The van der Waals surface area contributed by atoms with Crippen LogP contribution in [0, 0.1) is 6.92 Å². The smallest absolute Gasteiger partial charge is 0.243 e. The van der Waals surface area contributed by atoms with E-state index in [1.807, 2.05) is 11.3 Å². The number of carbonyl (C=O) groups excluding carboxylic acids is 1. The number of guanidine groups is 1. The highest BCUT2D eigenvalue weighted by Gasteiger charge is 2.16. The van der Waals surface area contributed by atoms with Crippen LogP contribution < -0.4 is 10.6 Å². The molecular weight excluding hydrogens is 463 g/mol. The maximum atomic E-state index is 11.8. The van der Waals surface area contributed by atoms with Gasteiger partial charge in [0.15, 0.2) is 5.96 Å². The zero-order valence-corrected chi connectivity index (χ0v) is 19.2. The van der Waals surface area contributed by atoms with Gasteiger partial charge in [0.25, 0.3) is 0 Å². The normalized spacial score (nSPS) is 18.2. The zero-order chi connectivity index (χ0) is 18.2. The predicted octanol–water partition coefficient (Wildman–Crippen LogP) is 2.41. The van der Waals surface area contributed by atoms with Gasteiger partial charge in [-0.25, -0.2) is 4.99 Å². The quantitative estimate of drug-likeness (QED) is 0.347. The number of carbonyl (C=O) groups is 1. The summed E-state index contributed by atoms with van der Waals surface area (Å²) >= 11 is 1.82. The van der Waals surface area contributed by atoms with E-state index < -0.39 is 0 Å². The first-order chi connectivity index (χ1) is 11.9. The molecule has 1 saturated heterocycles. The lowest BCUT2D eigenvalue weighted by Crippen LogP contribution is -2.46. The summed E-state index contributed by atoms with van der Waals surface area (Å²) in [7, 11) is 3.49. The number of rotatable bonds is 7. The number of ether oxygens (including phenoxy) is 1. The molecule has 0 aromatic carbocycles. The molecule has 1 fully saturated rings. The Balaban J connectivity index is 0.00000338. The minimum atomic E-state index is -0.0141. The number of aliphatic imine (C=N–C) groups is 1. The number of hydrogen-bond acceptors (Lipinski definition) is 4. The Bertz CT molecular complexity index is 586. The molecule has 0 aliphatic carbocycles. The fraction of sp³-hybridized carbons (Fsp3) is 0.667. The Morgan fingerprint density at radius 3 is 2.81 bits per heavy atom. The Labute approximate surface area is 177 Å². The molecule has 2 atom stereocenters. The Kier molecular flexibility index (Phi) is 10.5. The van der Waals surface area contributed by atoms with Crippen LogP contribution in [0.15, 0.2) is 17.1 Å². The fourth-order valence-corrected chi connectivity index (χ4v) is 3.66. The van der Waals surface area contributed by atoms with Crippen molar-refractivity contribution in [3.05, 3.63) is 21.9 Å². The Hall–Kier alpha value is -0.870. The number of thiophene rings is 1. The van der Waals surface area contributed by atoms with Crippen molar-refractivity contribution in [1.29, 1.82) is 0 Å². The summed E-state index contributed by atoms with van der Waals surface area (Å²) in [5.74, 6) is 0.659. The summed E-state index contributed by atoms with van der Waals surface area (Å²) in [6.07, 6.45) is 3.34. The highest BCUT2D eigenvalue weighted by atomic mass is 127. The van der Waals surface area contributed by atoms with Crippen LogP contribution in [-0.4, -0.2) is 62.7 Å². The predicted molar refractivity (Wildman–Crippen MR) is 119 cm³/mol. The number of aryl methyl sites for hydroxylation is 1. The van der Waals surface area contributed by atoms with Crippen LogP contribution in [0.4, 0.5) is 0 Å². The van der Waals surface area contributed by atoms with Gasteiger partial charge in [0.2, 0.25) is 5.91 Å². The van der Waals surface area contributed by atoms with Crippen molar-refractivity contribution in [2.24, 2.45) is 4.99 Å². The Morgan fingerprint density at radius 2 is 2.23 bits per heavy atom. The van der Waals surface area contributed by atoms with Crippen LogP contribution in [0.1, 0.15) is 29.5 Å². The van der Waals surface area contributed by atoms with Gasteiger partial charge >= 0.3 is 0 Å². The molecule has 2 N–H and O–H groups in total. The van der Waals surface area contributed by atoms with E-state index in [9.17, 15) is 4.79 Å². The van der Waals surface area contributed by atoms with Crippen molar-refractivity contribution < 1.29 is 9.53 Å². The number of hydrogen-bond donors (Lipinski definition) is 2. The molecule has 0 saturated carbocycles. The number of halogens is 1. The first-order valence-electron chi connectivity index (χ1n) is 8.86. The molecule has 1 aliphatic heterocycles. The van der Waals surface area contributed by atoms with Crippen LogP contribution in [-0.2, 0) is 16.0 Å². The molecule has 2 unspecified atom stereocenters. The number of nitrogens with zero attached hydrogens (tertiary/aromatic N) is 2. The van der Waals surface area contributed by atoms with Crippen LogP contribution in [0.3, 0.4) is 0 Å². The van der Waals surface area contributed by atoms with Crippen molar-refractivity contribution >= 4 is 47.2 Å². The molecule has 26 heavy (non-hydrogen) atoms. The molecule has 0 radical (unpaired) electrons. The lowest BCUT2D eigenvalue weighted by Gasteiger charge is -2.20. The van der Waals surface area contributed by atoms with Gasteiger partial charge in [0.1, 0.15) is 6.54 Å². The maximum Gasteiger partial charge on any atom is 0.243 e. The van der Waals surface area contributed by atoms with Crippen LogP contribution in [0.5, 0.6) is 0 Å². The Morgan fingerprint density at radius 1 is 1.46 bits per heavy atom. The van der Waals surface area contributed by atoms with E-state index in [1.54, 1.807) is 19.0 Å². The van der Waals surface area contributed by atoms with Crippen molar-refractivity contribution in [1.82, 2.24) is 15.5 Å². The summed E-state index contributed by atoms with van der Waals surface area (Å²) in [6, 6.07) is 4.54. The molecule has 2 heterocycles. The first-order valence-corrected chi connectivity index (χ1v) is 9.67. The summed E-state index contributed by atoms with van der Waals surface area (Å²) in [5.41, 5.74) is 0. The average Bonchev–Trinajstić information content (AvgIpc) is 3.21. The van der Waals surface area contributed by atoms with Gasteiger partial charge in [0, 0.05) is 49.5 Å². The highest BCUT2D eigenvalue weighted by Crippen LogP contribution is 2.16. The lowest BCUT2D eigenvalue weighted by molar-refractivity contribution is -0.127. The van der Waals surface area contributed by atoms with E-state index in [0.717, 1.165) is 25.9 Å². The maximum absolute atomic E-state index is 11.8. The first kappa shape index (κ1) is 23.2. The molecule has 1 aromatic rings. The molecule has 2 rings (SSSR count). The third-order valence-electron chi connectivity index (χ3n) is 4.08. The molecule has 1 amide bonds. The molecular formula is C18H31IN4O2S. The minimum Gasteiger partial charge on any atom is -0.376 e. The van der Waals surface area contributed by atoms with Gasteiger partial charge in [-0.2, -0.15) is 0 Å². The number of amides is 1. The second kappa shape index (κ2) is 11.8.